The van der Waals surface area contributed by atoms with Gasteiger partial charge in [-0.3, -0.25) is 9.78 Å². The lowest BCUT2D eigenvalue weighted by Crippen LogP contribution is -2.52. The summed E-state index contributed by atoms with van der Waals surface area (Å²) in [6, 6.07) is 1.89. The molecule has 0 aromatic carbocycles. The van der Waals surface area contributed by atoms with Crippen molar-refractivity contribution in [1.29, 1.82) is 0 Å². The second-order valence-electron chi connectivity index (χ2n) is 5.52. The van der Waals surface area contributed by atoms with Crippen LogP contribution in [0, 0.1) is 0 Å². The minimum absolute atomic E-state index is 0.115. The number of piperidine rings is 1. The Hall–Kier alpha value is -1.33. The number of hydrogen-bond donors (Lipinski definition) is 0. The quantitative estimate of drug-likeness (QED) is 0.838. The van der Waals surface area contributed by atoms with Crippen LogP contribution in [0.5, 0.6) is 0 Å². The number of carbonyl (C=O) groups is 1. The van der Waals surface area contributed by atoms with E-state index in [1.54, 1.807) is 12.4 Å². The van der Waals surface area contributed by atoms with Gasteiger partial charge in [-0.15, -0.1) is 0 Å². The van der Waals surface area contributed by atoms with Crippen LogP contribution in [0.3, 0.4) is 0 Å². The first-order valence-corrected chi connectivity index (χ1v) is 7.88. The number of nitrogens with zero attached hydrogens (tertiary/aromatic N) is 3. The molecule has 5 nitrogen and oxygen atoms in total. The largest absolute Gasteiger partial charge is 0.365 e. The second kappa shape index (κ2) is 6.62. The molecule has 3 heterocycles. The molecule has 3 rings (SSSR count). The molecular weight excluding hydrogens is 290 g/mol. The van der Waals surface area contributed by atoms with Gasteiger partial charge in [0.2, 0.25) is 0 Å². The molecule has 114 valence electrons. The van der Waals surface area contributed by atoms with Crippen molar-refractivity contribution in [3.63, 3.8) is 0 Å². The lowest BCUT2D eigenvalue weighted by molar-refractivity contribution is -0.145. The summed E-state index contributed by atoms with van der Waals surface area (Å²) in [6.45, 7) is 3.55. The summed E-state index contributed by atoms with van der Waals surface area (Å²) in [7, 11) is 0. The highest BCUT2D eigenvalue weighted by Crippen LogP contribution is 2.26. The SMILES string of the molecule is O=C(C1CN(c2ccncc2Cl)CCO1)N1CCCCC1. The molecule has 1 aromatic heterocycles. The molecule has 1 aromatic rings. The molecule has 0 aliphatic carbocycles. The lowest BCUT2D eigenvalue weighted by atomic mass is 10.1. The summed E-state index contributed by atoms with van der Waals surface area (Å²) in [5.41, 5.74) is 0.923. The number of aromatic nitrogens is 1. The number of rotatable bonds is 2. The maximum Gasteiger partial charge on any atom is 0.253 e. The van der Waals surface area contributed by atoms with E-state index in [9.17, 15) is 4.79 Å². The highest BCUT2D eigenvalue weighted by atomic mass is 35.5. The van der Waals surface area contributed by atoms with E-state index in [0.29, 0.717) is 18.2 Å². The molecular formula is C15H20ClN3O2. The number of anilines is 1. The molecule has 2 aliphatic rings. The maximum absolute atomic E-state index is 12.5. The summed E-state index contributed by atoms with van der Waals surface area (Å²) in [6.07, 6.45) is 6.37. The van der Waals surface area contributed by atoms with Crippen LogP contribution in [-0.2, 0) is 9.53 Å². The van der Waals surface area contributed by atoms with E-state index in [-0.39, 0.29) is 12.0 Å². The molecule has 1 amide bonds. The number of likely N-dealkylation sites (tertiary alicyclic amines) is 1. The van der Waals surface area contributed by atoms with Gasteiger partial charge in [-0.05, 0) is 25.3 Å². The van der Waals surface area contributed by atoms with Crippen LogP contribution < -0.4 is 4.90 Å². The number of halogens is 1. The zero-order valence-corrected chi connectivity index (χ0v) is 12.8. The number of morpholine rings is 1. The first-order valence-electron chi connectivity index (χ1n) is 7.50. The summed E-state index contributed by atoms with van der Waals surface area (Å²) in [5, 5.41) is 0.614. The molecule has 0 radical (unpaired) electrons. The van der Waals surface area contributed by atoms with Crippen molar-refractivity contribution in [1.82, 2.24) is 9.88 Å². The van der Waals surface area contributed by atoms with Crippen LogP contribution in [0.15, 0.2) is 18.5 Å². The Bertz CT molecular complexity index is 505. The van der Waals surface area contributed by atoms with Gasteiger partial charge in [0.05, 0.1) is 23.9 Å². The third kappa shape index (κ3) is 3.30. The van der Waals surface area contributed by atoms with Gasteiger partial charge in [-0.2, -0.15) is 0 Å². The average Bonchev–Trinajstić information content (AvgIpc) is 2.55. The Kier molecular flexibility index (Phi) is 4.60. The van der Waals surface area contributed by atoms with Gasteiger partial charge in [-0.1, -0.05) is 11.6 Å². The van der Waals surface area contributed by atoms with Gasteiger partial charge in [0.25, 0.3) is 5.91 Å². The van der Waals surface area contributed by atoms with Gasteiger partial charge < -0.3 is 14.5 Å². The monoisotopic (exact) mass is 309 g/mol. The Morgan fingerprint density at radius 3 is 2.86 bits per heavy atom. The van der Waals surface area contributed by atoms with Crippen molar-refractivity contribution in [3.05, 3.63) is 23.5 Å². The summed E-state index contributed by atoms with van der Waals surface area (Å²) in [5.74, 6) is 0.115. The fraction of sp³-hybridized carbons (Fsp3) is 0.600. The third-order valence-electron chi connectivity index (χ3n) is 4.10. The summed E-state index contributed by atoms with van der Waals surface area (Å²) >= 11 is 6.19. The first-order chi connectivity index (χ1) is 10.3. The number of hydrogen-bond acceptors (Lipinski definition) is 4. The molecule has 0 spiro atoms. The number of amides is 1. The van der Waals surface area contributed by atoms with E-state index < -0.39 is 0 Å². The first kappa shape index (κ1) is 14.6. The van der Waals surface area contributed by atoms with E-state index in [1.807, 2.05) is 11.0 Å². The molecule has 2 fully saturated rings. The molecule has 1 atom stereocenters. The topological polar surface area (TPSA) is 45.7 Å². The maximum atomic E-state index is 12.5. The predicted molar refractivity (Wildman–Crippen MR) is 81.6 cm³/mol. The molecule has 0 N–H and O–H groups in total. The number of pyridine rings is 1. The Morgan fingerprint density at radius 1 is 1.29 bits per heavy atom. The standard InChI is InChI=1S/C15H20ClN3O2/c16-12-10-17-5-4-13(12)19-8-9-21-14(11-19)15(20)18-6-2-1-3-7-18/h4-5,10,14H,1-3,6-9,11H2. The molecule has 2 saturated heterocycles. The second-order valence-corrected chi connectivity index (χ2v) is 5.93. The minimum Gasteiger partial charge on any atom is -0.365 e. The van der Waals surface area contributed by atoms with Crippen LogP contribution in [0.4, 0.5) is 5.69 Å². The van der Waals surface area contributed by atoms with Crippen LogP contribution in [0.1, 0.15) is 19.3 Å². The van der Waals surface area contributed by atoms with Crippen molar-refractivity contribution < 1.29 is 9.53 Å². The third-order valence-corrected chi connectivity index (χ3v) is 4.39. The van der Waals surface area contributed by atoms with E-state index in [0.717, 1.165) is 38.2 Å². The van der Waals surface area contributed by atoms with E-state index >= 15 is 0 Å². The number of ether oxygens (including phenoxy) is 1. The molecule has 2 aliphatic heterocycles. The zero-order valence-electron chi connectivity index (χ0n) is 12.0. The fourth-order valence-corrected chi connectivity index (χ4v) is 3.20. The highest BCUT2D eigenvalue weighted by Gasteiger charge is 2.31. The molecule has 21 heavy (non-hydrogen) atoms. The summed E-state index contributed by atoms with van der Waals surface area (Å²) < 4.78 is 5.69. The predicted octanol–water partition coefficient (Wildman–Crippen LogP) is 1.95. The highest BCUT2D eigenvalue weighted by molar-refractivity contribution is 6.33. The van der Waals surface area contributed by atoms with Crippen LogP contribution in [-0.4, -0.2) is 54.7 Å². The number of carbonyl (C=O) groups excluding carboxylic acids is 1. The van der Waals surface area contributed by atoms with E-state index in [1.165, 1.54) is 6.42 Å². The van der Waals surface area contributed by atoms with Gasteiger partial charge in [-0.25, -0.2) is 0 Å². The fourth-order valence-electron chi connectivity index (χ4n) is 2.96. The minimum atomic E-state index is -0.388. The normalized spacial score (nSPS) is 23.2. The molecule has 0 bridgehead atoms. The molecule has 6 heteroatoms. The van der Waals surface area contributed by atoms with Crippen molar-refractivity contribution in [3.8, 4) is 0 Å². The Morgan fingerprint density at radius 2 is 2.10 bits per heavy atom. The Balaban J connectivity index is 1.68. The van der Waals surface area contributed by atoms with Crippen molar-refractivity contribution in [2.75, 3.05) is 37.7 Å². The molecule has 0 saturated carbocycles. The summed E-state index contributed by atoms with van der Waals surface area (Å²) in [4.78, 5) is 20.6. The van der Waals surface area contributed by atoms with Gasteiger partial charge in [0.15, 0.2) is 6.10 Å². The van der Waals surface area contributed by atoms with Crippen molar-refractivity contribution in [2.45, 2.75) is 25.4 Å². The van der Waals surface area contributed by atoms with Gasteiger partial charge >= 0.3 is 0 Å². The van der Waals surface area contributed by atoms with Crippen LogP contribution in [0.25, 0.3) is 0 Å². The van der Waals surface area contributed by atoms with Crippen molar-refractivity contribution in [2.24, 2.45) is 0 Å². The average molecular weight is 310 g/mol. The van der Waals surface area contributed by atoms with Gasteiger partial charge in [0.1, 0.15) is 0 Å². The van der Waals surface area contributed by atoms with E-state index in [4.69, 9.17) is 16.3 Å². The van der Waals surface area contributed by atoms with E-state index in [2.05, 4.69) is 9.88 Å². The zero-order chi connectivity index (χ0) is 14.7. The van der Waals surface area contributed by atoms with Crippen LogP contribution in [0.2, 0.25) is 5.02 Å². The van der Waals surface area contributed by atoms with Gasteiger partial charge in [0, 0.05) is 32.0 Å². The molecule has 1 unspecified atom stereocenters. The Labute approximate surface area is 129 Å². The lowest BCUT2D eigenvalue weighted by Gasteiger charge is -2.37. The van der Waals surface area contributed by atoms with Crippen LogP contribution >= 0.6 is 11.6 Å². The smallest absolute Gasteiger partial charge is 0.253 e. The van der Waals surface area contributed by atoms with Crippen molar-refractivity contribution >= 4 is 23.2 Å².